The van der Waals surface area contributed by atoms with E-state index in [0.717, 1.165) is 0 Å². The fourth-order valence-electron chi connectivity index (χ4n) is 1.29. The summed E-state index contributed by atoms with van der Waals surface area (Å²) < 4.78 is 0. The Balaban J connectivity index is 2.49. The van der Waals surface area contributed by atoms with Crippen LogP contribution in [0, 0.1) is 0 Å². The number of hydrogen-bond donors (Lipinski definition) is 4. The van der Waals surface area contributed by atoms with Crippen molar-refractivity contribution >= 4 is 23.3 Å². The first-order chi connectivity index (χ1) is 8.65. The molecule has 6 nitrogen and oxygen atoms in total. The highest BCUT2D eigenvalue weighted by atomic mass is 16.2. The van der Waals surface area contributed by atoms with E-state index in [1.165, 1.54) is 0 Å². The van der Waals surface area contributed by atoms with Gasteiger partial charge in [0.15, 0.2) is 0 Å². The molecule has 3 amide bonds. The Morgan fingerprint density at radius 1 is 1.00 bits per heavy atom. The number of nitrogens with one attached hydrogen (secondary N) is 4. The lowest BCUT2D eigenvalue weighted by molar-refractivity contribution is -0.116. The van der Waals surface area contributed by atoms with Crippen molar-refractivity contribution in [2.24, 2.45) is 0 Å². The van der Waals surface area contributed by atoms with Crippen LogP contribution in [0.15, 0.2) is 24.3 Å². The number of benzene rings is 1. The Bertz CT molecular complexity index is 403. The van der Waals surface area contributed by atoms with Crippen molar-refractivity contribution in [1.82, 2.24) is 10.6 Å². The van der Waals surface area contributed by atoms with Gasteiger partial charge in [0.25, 0.3) is 0 Å². The molecule has 98 valence electrons. The maximum Gasteiger partial charge on any atom is 0.318 e. The van der Waals surface area contributed by atoms with Crippen molar-refractivity contribution in [3.05, 3.63) is 24.3 Å². The van der Waals surface area contributed by atoms with Gasteiger partial charge in [-0.05, 0) is 31.3 Å². The van der Waals surface area contributed by atoms with Crippen molar-refractivity contribution in [3.63, 3.8) is 0 Å². The largest absolute Gasteiger partial charge is 0.341 e. The third-order valence-corrected chi connectivity index (χ3v) is 2.26. The first-order valence-electron chi connectivity index (χ1n) is 5.69. The zero-order valence-corrected chi connectivity index (χ0v) is 10.5. The number of carbonyl (C=O) groups excluding carboxylic acids is 2. The van der Waals surface area contributed by atoms with Gasteiger partial charge in [-0.25, -0.2) is 4.79 Å². The monoisotopic (exact) mass is 250 g/mol. The second kappa shape index (κ2) is 7.29. The van der Waals surface area contributed by atoms with E-state index in [1.807, 2.05) is 0 Å². The third-order valence-electron chi connectivity index (χ3n) is 2.26. The second-order valence-electron chi connectivity index (χ2n) is 3.68. The highest BCUT2D eigenvalue weighted by molar-refractivity contribution is 5.92. The predicted molar refractivity (Wildman–Crippen MR) is 71.7 cm³/mol. The molecular weight excluding hydrogens is 232 g/mol. The lowest BCUT2D eigenvalue weighted by Gasteiger charge is -2.07. The van der Waals surface area contributed by atoms with Crippen LogP contribution < -0.4 is 21.3 Å². The van der Waals surface area contributed by atoms with E-state index in [2.05, 4.69) is 21.3 Å². The molecule has 0 aliphatic rings. The zero-order chi connectivity index (χ0) is 13.4. The average molecular weight is 250 g/mol. The van der Waals surface area contributed by atoms with Crippen LogP contribution in [0.5, 0.6) is 0 Å². The smallest absolute Gasteiger partial charge is 0.318 e. The molecule has 0 unspecified atom stereocenters. The first kappa shape index (κ1) is 14.0. The summed E-state index contributed by atoms with van der Waals surface area (Å²) in [6, 6.07) is 6.65. The van der Waals surface area contributed by atoms with Crippen molar-refractivity contribution in [3.8, 4) is 0 Å². The summed E-state index contributed by atoms with van der Waals surface area (Å²) in [7, 11) is 3.35. The summed E-state index contributed by atoms with van der Waals surface area (Å²) in [5.41, 5.74) is 1.38. The molecule has 1 rings (SSSR count). The molecule has 0 bridgehead atoms. The van der Waals surface area contributed by atoms with Gasteiger partial charge >= 0.3 is 6.03 Å². The molecule has 0 saturated heterocycles. The minimum Gasteiger partial charge on any atom is -0.341 e. The minimum atomic E-state index is -0.277. The van der Waals surface area contributed by atoms with Crippen molar-refractivity contribution in [2.45, 2.75) is 6.42 Å². The number of rotatable bonds is 5. The third kappa shape index (κ3) is 4.84. The molecule has 18 heavy (non-hydrogen) atoms. The molecule has 6 heteroatoms. The quantitative estimate of drug-likeness (QED) is 0.629. The Morgan fingerprint density at radius 2 is 1.56 bits per heavy atom. The highest BCUT2D eigenvalue weighted by Gasteiger charge is 2.02. The standard InChI is InChI=1S/C12H18N4O2/c1-13-8-7-11(17)15-9-3-5-10(6-4-9)16-12(18)14-2/h3-6,13H,7-8H2,1-2H3,(H,15,17)(H2,14,16,18). The lowest BCUT2D eigenvalue weighted by Crippen LogP contribution is -2.24. The minimum absolute atomic E-state index is 0.0450. The number of carbonyl (C=O) groups is 2. The summed E-state index contributed by atoms with van der Waals surface area (Å²) in [5, 5.41) is 10.8. The van der Waals surface area contributed by atoms with Gasteiger partial charge in [0.05, 0.1) is 0 Å². The van der Waals surface area contributed by atoms with Crippen LogP contribution in [-0.2, 0) is 4.79 Å². The maximum atomic E-state index is 11.4. The van der Waals surface area contributed by atoms with Crippen LogP contribution in [0.4, 0.5) is 16.2 Å². The normalized spacial score (nSPS) is 9.67. The molecule has 0 radical (unpaired) electrons. The van der Waals surface area contributed by atoms with Gasteiger partial charge in [0.1, 0.15) is 0 Å². The van der Waals surface area contributed by atoms with E-state index in [0.29, 0.717) is 24.3 Å². The second-order valence-corrected chi connectivity index (χ2v) is 3.68. The highest BCUT2D eigenvalue weighted by Crippen LogP contribution is 2.13. The van der Waals surface area contributed by atoms with Gasteiger partial charge < -0.3 is 21.3 Å². The lowest BCUT2D eigenvalue weighted by atomic mass is 10.2. The van der Waals surface area contributed by atoms with Crippen LogP contribution in [-0.4, -0.2) is 32.6 Å². The van der Waals surface area contributed by atoms with Gasteiger partial charge in [-0.15, -0.1) is 0 Å². The number of anilines is 2. The van der Waals surface area contributed by atoms with E-state index < -0.39 is 0 Å². The van der Waals surface area contributed by atoms with Gasteiger partial charge in [-0.1, -0.05) is 0 Å². The topological polar surface area (TPSA) is 82.3 Å². The molecule has 4 N–H and O–H groups in total. The Labute approximate surface area is 106 Å². The molecule has 0 saturated carbocycles. The SMILES string of the molecule is CNCCC(=O)Nc1ccc(NC(=O)NC)cc1. The van der Waals surface area contributed by atoms with Crippen molar-refractivity contribution in [1.29, 1.82) is 0 Å². The number of amides is 3. The van der Waals surface area contributed by atoms with Gasteiger partial charge in [-0.2, -0.15) is 0 Å². The molecule has 0 aliphatic heterocycles. The van der Waals surface area contributed by atoms with E-state index in [-0.39, 0.29) is 11.9 Å². The van der Waals surface area contributed by atoms with Gasteiger partial charge in [0, 0.05) is 31.4 Å². The van der Waals surface area contributed by atoms with Crippen LogP contribution >= 0.6 is 0 Å². The average Bonchev–Trinajstić information content (AvgIpc) is 2.38. The van der Waals surface area contributed by atoms with Gasteiger partial charge in [0.2, 0.25) is 5.91 Å². The van der Waals surface area contributed by atoms with Crippen LogP contribution in [0.25, 0.3) is 0 Å². The molecule has 0 spiro atoms. The summed E-state index contributed by atoms with van der Waals surface area (Å²) in [6.45, 7) is 0.641. The van der Waals surface area contributed by atoms with E-state index in [9.17, 15) is 9.59 Å². The van der Waals surface area contributed by atoms with Crippen molar-refractivity contribution < 1.29 is 9.59 Å². The Kier molecular flexibility index (Phi) is 5.66. The summed E-state index contributed by atoms with van der Waals surface area (Å²) in [6.07, 6.45) is 0.425. The summed E-state index contributed by atoms with van der Waals surface area (Å²) in [5.74, 6) is -0.0450. The number of urea groups is 1. The van der Waals surface area contributed by atoms with Crippen LogP contribution in [0.3, 0.4) is 0 Å². The fourth-order valence-corrected chi connectivity index (χ4v) is 1.29. The summed E-state index contributed by atoms with van der Waals surface area (Å²) in [4.78, 5) is 22.5. The Hall–Kier alpha value is -2.08. The molecular formula is C12H18N4O2. The van der Waals surface area contributed by atoms with E-state index >= 15 is 0 Å². The van der Waals surface area contributed by atoms with Crippen LogP contribution in [0.1, 0.15) is 6.42 Å². The number of hydrogen-bond acceptors (Lipinski definition) is 3. The van der Waals surface area contributed by atoms with Crippen LogP contribution in [0.2, 0.25) is 0 Å². The van der Waals surface area contributed by atoms with E-state index in [4.69, 9.17) is 0 Å². The molecule has 0 aromatic heterocycles. The molecule has 1 aromatic rings. The Morgan fingerprint density at radius 3 is 2.06 bits per heavy atom. The first-order valence-corrected chi connectivity index (χ1v) is 5.69. The molecule has 0 aliphatic carbocycles. The van der Waals surface area contributed by atoms with E-state index in [1.54, 1.807) is 38.4 Å². The molecule has 0 atom stereocenters. The molecule has 1 aromatic carbocycles. The predicted octanol–water partition coefficient (Wildman–Crippen LogP) is 0.986. The van der Waals surface area contributed by atoms with Crippen molar-refractivity contribution in [2.75, 3.05) is 31.3 Å². The zero-order valence-electron chi connectivity index (χ0n) is 10.5. The molecule has 0 fully saturated rings. The molecule has 0 heterocycles. The summed E-state index contributed by atoms with van der Waals surface area (Å²) >= 11 is 0. The maximum absolute atomic E-state index is 11.4. The fraction of sp³-hybridized carbons (Fsp3) is 0.333. The van der Waals surface area contributed by atoms with Gasteiger partial charge in [-0.3, -0.25) is 4.79 Å².